The fraction of sp³-hybridized carbons (Fsp3) is 0.353. The molecule has 1 fully saturated rings. The lowest BCUT2D eigenvalue weighted by molar-refractivity contribution is 0.255. The van der Waals surface area contributed by atoms with E-state index in [4.69, 9.17) is 4.74 Å². The zero-order chi connectivity index (χ0) is 16.3. The van der Waals surface area contributed by atoms with Gasteiger partial charge in [-0.1, -0.05) is 12.5 Å². The third kappa shape index (κ3) is 3.23. The van der Waals surface area contributed by atoms with Gasteiger partial charge in [0.25, 0.3) is 0 Å². The number of nitrogens with zero attached hydrogens (tertiary/aromatic N) is 2. The highest BCUT2D eigenvalue weighted by Gasteiger charge is 2.34. The van der Waals surface area contributed by atoms with Crippen molar-refractivity contribution in [3.63, 3.8) is 0 Å². The van der Waals surface area contributed by atoms with Gasteiger partial charge in [-0.3, -0.25) is 4.98 Å². The van der Waals surface area contributed by atoms with Crippen LogP contribution in [0.3, 0.4) is 0 Å². The van der Waals surface area contributed by atoms with Gasteiger partial charge in [0, 0.05) is 18.9 Å². The molecule has 0 spiro atoms. The van der Waals surface area contributed by atoms with Gasteiger partial charge in [0.1, 0.15) is 5.75 Å². The van der Waals surface area contributed by atoms with E-state index in [1.165, 1.54) is 0 Å². The van der Waals surface area contributed by atoms with Gasteiger partial charge in [-0.2, -0.15) is 4.31 Å². The van der Waals surface area contributed by atoms with E-state index < -0.39 is 10.0 Å². The number of ether oxygens (including phenoxy) is 1. The van der Waals surface area contributed by atoms with Crippen molar-refractivity contribution in [2.45, 2.75) is 30.2 Å². The van der Waals surface area contributed by atoms with Gasteiger partial charge >= 0.3 is 0 Å². The number of sulfonamides is 1. The molecule has 2 heterocycles. The quantitative estimate of drug-likeness (QED) is 0.863. The molecule has 1 saturated heterocycles. The van der Waals surface area contributed by atoms with Gasteiger partial charge in [-0.25, -0.2) is 8.42 Å². The van der Waals surface area contributed by atoms with Gasteiger partial charge < -0.3 is 4.74 Å². The van der Waals surface area contributed by atoms with E-state index in [0.717, 1.165) is 24.8 Å². The van der Waals surface area contributed by atoms with Crippen molar-refractivity contribution in [3.05, 3.63) is 54.4 Å². The zero-order valence-corrected chi connectivity index (χ0v) is 13.9. The molecule has 0 N–H and O–H groups in total. The number of hydrogen-bond acceptors (Lipinski definition) is 4. The van der Waals surface area contributed by atoms with Crippen LogP contribution in [0.5, 0.6) is 5.75 Å². The Morgan fingerprint density at radius 2 is 1.96 bits per heavy atom. The van der Waals surface area contributed by atoms with Gasteiger partial charge in [0.2, 0.25) is 10.0 Å². The predicted octanol–water partition coefficient (Wildman–Crippen LogP) is 3.01. The molecular weight excluding hydrogens is 312 g/mol. The summed E-state index contributed by atoms with van der Waals surface area (Å²) in [6.45, 7) is 0.536. The fourth-order valence-electron chi connectivity index (χ4n) is 2.98. The molecule has 1 aromatic heterocycles. The summed E-state index contributed by atoms with van der Waals surface area (Å²) in [6.07, 6.45) is 6.18. The SMILES string of the molecule is COc1ccc(S(=O)(=O)N2CCCCC2c2cccnc2)cc1. The second kappa shape index (κ2) is 6.68. The van der Waals surface area contributed by atoms with E-state index in [-0.39, 0.29) is 6.04 Å². The van der Waals surface area contributed by atoms with Crippen LogP contribution in [0.15, 0.2) is 53.7 Å². The summed E-state index contributed by atoms with van der Waals surface area (Å²) in [5.74, 6) is 0.645. The normalized spacial score (nSPS) is 19.4. The minimum absolute atomic E-state index is 0.149. The van der Waals surface area contributed by atoms with Gasteiger partial charge in [-0.15, -0.1) is 0 Å². The predicted molar refractivity (Wildman–Crippen MR) is 87.7 cm³/mol. The molecule has 122 valence electrons. The summed E-state index contributed by atoms with van der Waals surface area (Å²) in [7, 11) is -1.97. The lowest BCUT2D eigenvalue weighted by Gasteiger charge is -2.34. The van der Waals surface area contributed by atoms with Crippen molar-refractivity contribution in [2.75, 3.05) is 13.7 Å². The largest absolute Gasteiger partial charge is 0.497 e. The zero-order valence-electron chi connectivity index (χ0n) is 13.1. The molecule has 23 heavy (non-hydrogen) atoms. The number of hydrogen-bond donors (Lipinski definition) is 0. The number of aromatic nitrogens is 1. The van der Waals surface area contributed by atoms with Crippen molar-refractivity contribution in [2.24, 2.45) is 0 Å². The van der Waals surface area contributed by atoms with Crippen molar-refractivity contribution in [1.29, 1.82) is 0 Å². The van der Waals surface area contributed by atoms with E-state index in [1.54, 1.807) is 48.1 Å². The summed E-state index contributed by atoms with van der Waals surface area (Å²) < 4.78 is 32.8. The lowest BCUT2D eigenvalue weighted by Crippen LogP contribution is -2.38. The number of benzene rings is 1. The van der Waals surface area contributed by atoms with Crippen LogP contribution in [-0.2, 0) is 10.0 Å². The number of piperidine rings is 1. The Morgan fingerprint density at radius 3 is 2.61 bits per heavy atom. The maximum Gasteiger partial charge on any atom is 0.243 e. The first-order valence-corrected chi connectivity index (χ1v) is 9.13. The van der Waals surface area contributed by atoms with Crippen LogP contribution in [-0.4, -0.2) is 31.4 Å². The van der Waals surface area contributed by atoms with Crippen molar-refractivity contribution in [1.82, 2.24) is 9.29 Å². The van der Waals surface area contributed by atoms with Crippen LogP contribution in [0.2, 0.25) is 0 Å². The highest BCUT2D eigenvalue weighted by molar-refractivity contribution is 7.89. The van der Waals surface area contributed by atoms with Gasteiger partial charge in [0.05, 0.1) is 18.0 Å². The summed E-state index contributed by atoms with van der Waals surface area (Å²) in [5.41, 5.74) is 0.948. The first kappa shape index (κ1) is 16.0. The number of methoxy groups -OCH3 is 1. The van der Waals surface area contributed by atoms with Crippen molar-refractivity contribution < 1.29 is 13.2 Å². The Labute approximate surface area is 137 Å². The van der Waals surface area contributed by atoms with E-state index >= 15 is 0 Å². The molecule has 3 rings (SSSR count). The molecule has 1 aliphatic rings. The average molecular weight is 332 g/mol. The van der Waals surface area contributed by atoms with Crippen molar-refractivity contribution in [3.8, 4) is 5.75 Å². The Morgan fingerprint density at radius 1 is 1.17 bits per heavy atom. The molecule has 0 aliphatic carbocycles. The molecule has 0 amide bonds. The topological polar surface area (TPSA) is 59.5 Å². The van der Waals surface area contributed by atoms with E-state index in [2.05, 4.69) is 4.98 Å². The summed E-state index contributed by atoms with van der Waals surface area (Å²) in [5, 5.41) is 0. The smallest absolute Gasteiger partial charge is 0.243 e. The highest BCUT2D eigenvalue weighted by Crippen LogP contribution is 2.35. The molecule has 1 atom stereocenters. The first-order chi connectivity index (χ1) is 11.1. The average Bonchev–Trinajstić information content (AvgIpc) is 2.62. The minimum Gasteiger partial charge on any atom is -0.497 e. The van der Waals surface area contributed by atoms with Crippen LogP contribution >= 0.6 is 0 Å². The molecule has 1 aliphatic heterocycles. The summed E-state index contributed by atoms with van der Waals surface area (Å²) >= 11 is 0. The van der Waals surface area contributed by atoms with Gasteiger partial charge in [-0.05, 0) is 48.7 Å². The van der Waals surface area contributed by atoms with E-state index in [1.807, 2.05) is 12.1 Å². The minimum atomic E-state index is -3.53. The molecule has 0 radical (unpaired) electrons. The fourth-order valence-corrected chi connectivity index (χ4v) is 4.66. The second-order valence-corrected chi connectivity index (χ2v) is 7.48. The molecule has 5 nitrogen and oxygen atoms in total. The maximum absolute atomic E-state index is 13.0. The van der Waals surface area contributed by atoms with Crippen LogP contribution < -0.4 is 4.74 Å². The Hall–Kier alpha value is -1.92. The first-order valence-electron chi connectivity index (χ1n) is 7.69. The maximum atomic E-state index is 13.0. The van der Waals surface area contributed by atoms with Crippen LogP contribution in [0.25, 0.3) is 0 Å². The van der Waals surface area contributed by atoms with Crippen molar-refractivity contribution >= 4 is 10.0 Å². The third-order valence-electron chi connectivity index (χ3n) is 4.19. The Kier molecular flexibility index (Phi) is 4.63. The molecule has 1 aromatic carbocycles. The number of pyridine rings is 1. The van der Waals surface area contributed by atoms with Crippen LogP contribution in [0, 0.1) is 0 Å². The van der Waals surface area contributed by atoms with Crippen LogP contribution in [0.4, 0.5) is 0 Å². The molecule has 1 unspecified atom stereocenters. The van der Waals surface area contributed by atoms with E-state index in [0.29, 0.717) is 17.2 Å². The Balaban J connectivity index is 1.95. The van der Waals surface area contributed by atoms with Gasteiger partial charge in [0.15, 0.2) is 0 Å². The lowest BCUT2D eigenvalue weighted by atomic mass is 9.99. The Bertz CT molecular complexity index is 745. The number of rotatable bonds is 4. The third-order valence-corrected chi connectivity index (χ3v) is 6.11. The monoisotopic (exact) mass is 332 g/mol. The standard InChI is InChI=1S/C17H20N2O3S/c1-22-15-7-9-16(10-8-15)23(20,21)19-12-3-2-6-17(19)14-5-4-11-18-13-14/h4-5,7-11,13,17H,2-3,6,12H2,1H3. The molecular formula is C17H20N2O3S. The summed E-state index contributed by atoms with van der Waals surface area (Å²) in [4.78, 5) is 4.43. The molecule has 2 aromatic rings. The molecule has 0 saturated carbocycles. The van der Waals surface area contributed by atoms with E-state index in [9.17, 15) is 8.42 Å². The second-order valence-electron chi connectivity index (χ2n) is 5.59. The molecule has 6 heteroatoms. The summed E-state index contributed by atoms with van der Waals surface area (Å²) in [6, 6.07) is 10.2. The highest BCUT2D eigenvalue weighted by atomic mass is 32.2. The molecule has 0 bridgehead atoms. The van der Waals surface area contributed by atoms with Crippen LogP contribution in [0.1, 0.15) is 30.9 Å².